The first-order chi connectivity index (χ1) is 13.8. The molecule has 0 amide bonds. The average Bonchev–Trinajstić information content (AvgIpc) is 2.73. The van der Waals surface area contributed by atoms with E-state index in [2.05, 4.69) is 33.5 Å². The molecular formula is C22H16ClN3O2. The lowest BCUT2D eigenvalue weighted by molar-refractivity contribution is 0.171. The lowest BCUT2D eigenvalue weighted by Crippen LogP contribution is -2.15. The number of anilines is 2. The van der Waals surface area contributed by atoms with E-state index < -0.39 is 0 Å². The Bertz CT molecular complexity index is 1170. The number of rotatable bonds is 3. The molecule has 138 valence electrons. The molecule has 2 heterocycles. The van der Waals surface area contributed by atoms with Gasteiger partial charge < -0.3 is 14.8 Å². The summed E-state index contributed by atoms with van der Waals surface area (Å²) in [5.41, 5.74) is 3.74. The molecule has 4 aromatic rings. The van der Waals surface area contributed by atoms with Gasteiger partial charge in [-0.05, 0) is 40.9 Å². The van der Waals surface area contributed by atoms with Gasteiger partial charge in [0, 0.05) is 11.8 Å². The monoisotopic (exact) mass is 389 g/mol. The molecule has 0 fully saturated rings. The van der Waals surface area contributed by atoms with Gasteiger partial charge in [0.25, 0.3) is 0 Å². The molecule has 28 heavy (non-hydrogen) atoms. The molecule has 0 spiro atoms. The second kappa shape index (κ2) is 7.02. The fraction of sp³-hybridized carbons (Fsp3) is 0.0909. The van der Waals surface area contributed by atoms with Crippen LogP contribution in [0.3, 0.4) is 0 Å². The number of hydrogen-bond donors (Lipinski definition) is 1. The van der Waals surface area contributed by atoms with Crippen molar-refractivity contribution in [3.63, 3.8) is 0 Å². The summed E-state index contributed by atoms with van der Waals surface area (Å²) in [7, 11) is 0. The number of nitrogens with one attached hydrogen (secondary N) is 1. The lowest BCUT2D eigenvalue weighted by Gasteiger charge is -2.19. The van der Waals surface area contributed by atoms with E-state index in [1.807, 2.05) is 48.5 Å². The third-order valence-electron chi connectivity index (χ3n) is 4.59. The standard InChI is InChI=1S/C22H16ClN3O2/c23-22-25-17-8-4-7-16(14-5-2-1-3-6-14)20(17)21(26-22)24-15-9-10-18-19(13-15)28-12-11-27-18/h1-10,13H,11-12H2,(H,24,25,26). The summed E-state index contributed by atoms with van der Waals surface area (Å²) in [4.78, 5) is 8.87. The number of benzene rings is 3. The van der Waals surface area contributed by atoms with Crippen molar-refractivity contribution in [1.82, 2.24) is 9.97 Å². The Kier molecular flexibility index (Phi) is 4.22. The van der Waals surface area contributed by atoms with Crippen LogP contribution >= 0.6 is 11.6 Å². The first-order valence-corrected chi connectivity index (χ1v) is 9.34. The van der Waals surface area contributed by atoms with E-state index in [1.165, 1.54) is 0 Å². The van der Waals surface area contributed by atoms with E-state index in [-0.39, 0.29) is 5.28 Å². The predicted octanol–water partition coefficient (Wildman–Crippen LogP) is 5.47. The maximum Gasteiger partial charge on any atom is 0.224 e. The van der Waals surface area contributed by atoms with E-state index >= 15 is 0 Å². The van der Waals surface area contributed by atoms with Crippen LogP contribution in [-0.2, 0) is 0 Å². The number of hydrogen-bond acceptors (Lipinski definition) is 5. The van der Waals surface area contributed by atoms with Crippen molar-refractivity contribution in [3.8, 4) is 22.6 Å². The van der Waals surface area contributed by atoms with Gasteiger partial charge in [-0.25, -0.2) is 4.98 Å². The average molecular weight is 390 g/mol. The molecular weight excluding hydrogens is 374 g/mol. The molecule has 0 saturated carbocycles. The van der Waals surface area contributed by atoms with Crippen LogP contribution in [0.25, 0.3) is 22.0 Å². The van der Waals surface area contributed by atoms with Crippen LogP contribution in [0.2, 0.25) is 5.28 Å². The van der Waals surface area contributed by atoms with Crippen LogP contribution in [0, 0.1) is 0 Å². The maximum absolute atomic E-state index is 6.20. The molecule has 0 aliphatic carbocycles. The van der Waals surface area contributed by atoms with Gasteiger partial charge in [-0.2, -0.15) is 4.98 Å². The number of fused-ring (bicyclic) bond motifs is 2. The summed E-state index contributed by atoms with van der Waals surface area (Å²) in [6.45, 7) is 1.10. The summed E-state index contributed by atoms with van der Waals surface area (Å²) in [6, 6.07) is 21.8. The van der Waals surface area contributed by atoms with E-state index in [9.17, 15) is 0 Å². The fourth-order valence-electron chi connectivity index (χ4n) is 3.36. The van der Waals surface area contributed by atoms with Gasteiger partial charge in [0.1, 0.15) is 19.0 Å². The Morgan fingerprint density at radius 2 is 1.64 bits per heavy atom. The minimum atomic E-state index is 0.192. The summed E-state index contributed by atoms with van der Waals surface area (Å²) in [5.74, 6) is 2.10. The van der Waals surface area contributed by atoms with Crippen molar-refractivity contribution in [2.75, 3.05) is 18.5 Å². The normalized spacial score (nSPS) is 12.8. The van der Waals surface area contributed by atoms with Crippen LogP contribution in [0.1, 0.15) is 0 Å². The Balaban J connectivity index is 1.65. The molecule has 5 nitrogen and oxygen atoms in total. The Hall–Kier alpha value is -3.31. The van der Waals surface area contributed by atoms with E-state index in [1.54, 1.807) is 0 Å². The van der Waals surface area contributed by atoms with E-state index in [0.717, 1.165) is 33.5 Å². The lowest BCUT2D eigenvalue weighted by atomic mass is 10.0. The zero-order chi connectivity index (χ0) is 18.9. The van der Waals surface area contributed by atoms with E-state index in [4.69, 9.17) is 21.1 Å². The summed E-state index contributed by atoms with van der Waals surface area (Å²) >= 11 is 6.20. The summed E-state index contributed by atoms with van der Waals surface area (Å²) in [6.07, 6.45) is 0. The first-order valence-electron chi connectivity index (χ1n) is 8.96. The van der Waals surface area contributed by atoms with Crippen molar-refractivity contribution < 1.29 is 9.47 Å². The molecule has 3 aromatic carbocycles. The van der Waals surface area contributed by atoms with Gasteiger partial charge in [0.2, 0.25) is 5.28 Å². The zero-order valence-electron chi connectivity index (χ0n) is 14.9. The quantitative estimate of drug-likeness (QED) is 0.471. The molecule has 1 aromatic heterocycles. The summed E-state index contributed by atoms with van der Waals surface area (Å²) in [5, 5.41) is 4.48. The topological polar surface area (TPSA) is 56.3 Å². The highest BCUT2D eigenvalue weighted by Gasteiger charge is 2.15. The molecule has 1 aliphatic heterocycles. The third-order valence-corrected chi connectivity index (χ3v) is 4.75. The SMILES string of the molecule is Clc1nc(Nc2ccc3c(c2)OCCO3)c2c(-c3ccccc3)cccc2n1. The van der Waals surface area contributed by atoms with Crippen LogP contribution < -0.4 is 14.8 Å². The van der Waals surface area contributed by atoms with Crippen LogP contribution in [0.4, 0.5) is 11.5 Å². The molecule has 0 atom stereocenters. The van der Waals surface area contributed by atoms with Gasteiger partial charge in [-0.3, -0.25) is 0 Å². The highest BCUT2D eigenvalue weighted by molar-refractivity contribution is 6.29. The van der Waals surface area contributed by atoms with Crippen LogP contribution in [0.5, 0.6) is 11.5 Å². The number of halogens is 1. The molecule has 0 saturated heterocycles. The fourth-order valence-corrected chi connectivity index (χ4v) is 3.54. The van der Waals surface area contributed by atoms with Gasteiger partial charge in [-0.15, -0.1) is 0 Å². The van der Waals surface area contributed by atoms with Gasteiger partial charge in [0.15, 0.2) is 11.5 Å². The van der Waals surface area contributed by atoms with Gasteiger partial charge in [-0.1, -0.05) is 42.5 Å². The highest BCUT2D eigenvalue weighted by Crippen LogP contribution is 2.37. The van der Waals surface area contributed by atoms with Gasteiger partial charge in [0.05, 0.1) is 10.9 Å². The third kappa shape index (κ3) is 3.10. The van der Waals surface area contributed by atoms with Crippen LogP contribution in [0.15, 0.2) is 66.7 Å². The first kappa shape index (κ1) is 16.8. The Labute approximate surface area is 166 Å². The molecule has 5 rings (SSSR count). The van der Waals surface area contributed by atoms with Gasteiger partial charge >= 0.3 is 0 Å². The molecule has 1 aliphatic rings. The molecule has 1 N–H and O–H groups in total. The van der Waals surface area contributed by atoms with E-state index in [0.29, 0.717) is 24.8 Å². The molecule has 0 unspecified atom stereocenters. The number of ether oxygens (including phenoxy) is 2. The highest BCUT2D eigenvalue weighted by atomic mass is 35.5. The van der Waals surface area contributed by atoms with Crippen molar-refractivity contribution in [2.24, 2.45) is 0 Å². The van der Waals surface area contributed by atoms with Crippen molar-refractivity contribution >= 4 is 34.0 Å². The second-order valence-corrected chi connectivity index (χ2v) is 6.73. The van der Waals surface area contributed by atoms with Crippen LogP contribution in [-0.4, -0.2) is 23.2 Å². The Morgan fingerprint density at radius 1 is 0.821 bits per heavy atom. The molecule has 0 bridgehead atoms. The molecule has 0 radical (unpaired) electrons. The minimum Gasteiger partial charge on any atom is -0.486 e. The van der Waals surface area contributed by atoms with Crippen molar-refractivity contribution in [3.05, 3.63) is 72.0 Å². The smallest absolute Gasteiger partial charge is 0.224 e. The summed E-state index contributed by atoms with van der Waals surface area (Å²) < 4.78 is 11.3. The molecule has 6 heteroatoms. The second-order valence-electron chi connectivity index (χ2n) is 6.39. The van der Waals surface area contributed by atoms with Crippen molar-refractivity contribution in [1.29, 1.82) is 0 Å². The largest absolute Gasteiger partial charge is 0.486 e. The number of aromatic nitrogens is 2. The number of nitrogens with zero attached hydrogens (tertiary/aromatic N) is 2. The predicted molar refractivity (Wildman–Crippen MR) is 111 cm³/mol. The Morgan fingerprint density at radius 3 is 2.50 bits per heavy atom. The maximum atomic E-state index is 6.20. The minimum absolute atomic E-state index is 0.192. The zero-order valence-corrected chi connectivity index (χ0v) is 15.6. The van der Waals surface area contributed by atoms with Crippen molar-refractivity contribution in [2.45, 2.75) is 0 Å².